The fraction of sp³-hybridized carbons (Fsp3) is 0.895. The molecule has 0 bridgehead atoms. The van der Waals surface area contributed by atoms with Crippen LogP contribution in [0.1, 0.15) is 61.3 Å². The van der Waals surface area contributed by atoms with E-state index in [1.54, 1.807) is 20.8 Å². The number of rotatable bonds is 8. The van der Waals surface area contributed by atoms with E-state index < -0.39 is 20.6 Å². The quantitative estimate of drug-likeness (QED) is 0.249. The largest absolute Gasteiger partial charge is 0.461 e. The fourth-order valence-electron chi connectivity index (χ4n) is 3.25. The summed E-state index contributed by atoms with van der Waals surface area (Å²) >= 11 is 3.99. The van der Waals surface area contributed by atoms with Crippen LogP contribution < -0.4 is 0 Å². The minimum Gasteiger partial charge on any atom is -0.461 e. The number of piperidine rings is 1. The van der Waals surface area contributed by atoms with Crippen LogP contribution in [0.5, 0.6) is 0 Å². The molecule has 0 radical (unpaired) electrons. The van der Waals surface area contributed by atoms with Crippen LogP contribution in [0.2, 0.25) is 0 Å². The topological polar surface area (TPSA) is 85.3 Å². The summed E-state index contributed by atoms with van der Waals surface area (Å²) in [6.07, 6.45) is 0.488. The Hall–Kier alpha value is 0.280. The number of hydrogen-bond donors (Lipinski definition) is 1. The number of ether oxygens (including phenoxy) is 3. The van der Waals surface area contributed by atoms with Crippen molar-refractivity contribution in [3.63, 3.8) is 0 Å². The summed E-state index contributed by atoms with van der Waals surface area (Å²) in [6, 6.07) is 0. The van der Waals surface area contributed by atoms with Gasteiger partial charge in [-0.1, -0.05) is 45.2 Å². The molecule has 2 unspecified atom stereocenters. The first-order valence-electron chi connectivity index (χ1n) is 9.38. The number of nitrogens with zero attached hydrogens (tertiary/aromatic N) is 1. The first-order chi connectivity index (χ1) is 12.6. The zero-order chi connectivity index (χ0) is 21.9. The Morgan fingerprint density at radius 3 is 2.11 bits per heavy atom. The van der Waals surface area contributed by atoms with Gasteiger partial charge in [-0.2, -0.15) is 5.06 Å². The molecule has 28 heavy (non-hydrogen) atoms. The van der Waals surface area contributed by atoms with Gasteiger partial charge in [0.05, 0.1) is 12.7 Å². The molecule has 0 saturated carbocycles. The maximum atomic E-state index is 12.1. The molecule has 0 aromatic rings. The van der Waals surface area contributed by atoms with Crippen molar-refractivity contribution in [1.82, 2.24) is 5.06 Å². The minimum absolute atomic E-state index is 0.0496. The van der Waals surface area contributed by atoms with Crippen LogP contribution in [-0.2, 0) is 23.8 Å². The zero-order valence-electron chi connectivity index (χ0n) is 17.8. The average Bonchev–Trinajstić information content (AvgIpc) is 2.52. The monoisotopic (exact) mass is 625 g/mol. The van der Waals surface area contributed by atoms with Crippen LogP contribution in [0.3, 0.4) is 0 Å². The van der Waals surface area contributed by atoms with Crippen molar-refractivity contribution < 1.29 is 29.0 Å². The maximum absolute atomic E-state index is 12.1. The molecule has 0 aliphatic carbocycles. The van der Waals surface area contributed by atoms with Crippen LogP contribution in [-0.4, -0.2) is 66.1 Å². The molecule has 164 valence electrons. The standard InChI is InChI=1S/C19H33I2NO6/c1-12(20)15(23)28-14(11-27-16(24)19(6,7)21)10-26-13-8-17(2,3)22(25)18(4,5)9-13/h12-14,25H,8-11H2,1-7H3. The molecule has 1 N–H and O–H groups in total. The van der Waals surface area contributed by atoms with Gasteiger partial charge in [-0.15, -0.1) is 0 Å². The molecular weight excluding hydrogens is 592 g/mol. The highest BCUT2D eigenvalue weighted by molar-refractivity contribution is 14.1. The van der Waals surface area contributed by atoms with Crippen molar-refractivity contribution in [3.8, 4) is 0 Å². The molecule has 0 amide bonds. The Balaban J connectivity index is 2.75. The van der Waals surface area contributed by atoms with Crippen LogP contribution in [0, 0.1) is 0 Å². The smallest absolute Gasteiger partial charge is 0.321 e. The number of esters is 2. The summed E-state index contributed by atoms with van der Waals surface area (Å²) in [4.78, 5) is 24.1. The third-order valence-electron chi connectivity index (χ3n) is 4.61. The van der Waals surface area contributed by atoms with E-state index in [9.17, 15) is 14.8 Å². The molecule has 9 heteroatoms. The predicted octanol–water partition coefficient (Wildman–Crippen LogP) is 3.91. The molecule has 1 fully saturated rings. The number of hydrogen-bond acceptors (Lipinski definition) is 7. The lowest BCUT2D eigenvalue weighted by Crippen LogP contribution is -2.60. The van der Waals surface area contributed by atoms with E-state index in [0.29, 0.717) is 12.8 Å². The lowest BCUT2D eigenvalue weighted by molar-refractivity contribution is -0.262. The Kier molecular flexibility index (Phi) is 9.45. The van der Waals surface area contributed by atoms with Gasteiger partial charge in [0.15, 0.2) is 6.10 Å². The van der Waals surface area contributed by atoms with Gasteiger partial charge in [-0.05, 0) is 61.3 Å². The van der Waals surface area contributed by atoms with Crippen molar-refractivity contribution in [3.05, 3.63) is 0 Å². The number of halogens is 2. The van der Waals surface area contributed by atoms with E-state index >= 15 is 0 Å². The summed E-state index contributed by atoms with van der Waals surface area (Å²) in [5.41, 5.74) is -0.875. The highest BCUT2D eigenvalue weighted by atomic mass is 127. The van der Waals surface area contributed by atoms with E-state index in [1.165, 1.54) is 5.06 Å². The second-order valence-electron chi connectivity index (χ2n) is 9.05. The fourth-order valence-corrected chi connectivity index (χ4v) is 3.56. The van der Waals surface area contributed by atoms with Crippen LogP contribution in [0.4, 0.5) is 0 Å². The second-order valence-corrected chi connectivity index (χ2v) is 13.6. The van der Waals surface area contributed by atoms with Crippen molar-refractivity contribution >= 4 is 57.1 Å². The van der Waals surface area contributed by atoms with Gasteiger partial charge < -0.3 is 19.4 Å². The van der Waals surface area contributed by atoms with Gasteiger partial charge in [-0.3, -0.25) is 9.59 Å². The van der Waals surface area contributed by atoms with E-state index in [-0.39, 0.29) is 35.2 Å². The van der Waals surface area contributed by atoms with Crippen LogP contribution in [0.25, 0.3) is 0 Å². The Labute approximate surface area is 195 Å². The first-order valence-corrected chi connectivity index (χ1v) is 11.7. The summed E-state index contributed by atoms with van der Waals surface area (Å²) < 4.78 is 15.9. The first kappa shape index (κ1) is 26.3. The average molecular weight is 625 g/mol. The van der Waals surface area contributed by atoms with Crippen LogP contribution >= 0.6 is 45.2 Å². The van der Waals surface area contributed by atoms with Crippen LogP contribution in [0.15, 0.2) is 0 Å². The van der Waals surface area contributed by atoms with Gasteiger partial charge in [0.2, 0.25) is 0 Å². The Morgan fingerprint density at radius 2 is 1.68 bits per heavy atom. The lowest BCUT2D eigenvalue weighted by atomic mass is 9.80. The number of carbonyl (C=O) groups excluding carboxylic acids is 2. The van der Waals surface area contributed by atoms with Crippen molar-refractivity contribution in [2.75, 3.05) is 13.2 Å². The maximum Gasteiger partial charge on any atom is 0.321 e. The highest BCUT2D eigenvalue weighted by Crippen LogP contribution is 2.38. The predicted molar refractivity (Wildman–Crippen MR) is 123 cm³/mol. The molecule has 1 heterocycles. The summed E-state index contributed by atoms with van der Waals surface area (Å²) in [5, 5.41) is 11.8. The molecule has 0 spiro atoms. The molecule has 0 aromatic carbocycles. The molecule has 2 atom stereocenters. The van der Waals surface area contributed by atoms with Gasteiger partial charge in [-0.25, -0.2) is 0 Å². The van der Waals surface area contributed by atoms with E-state index in [1.807, 2.05) is 72.9 Å². The number of hydroxylamine groups is 2. The molecule has 1 aliphatic rings. The van der Waals surface area contributed by atoms with Gasteiger partial charge >= 0.3 is 11.9 Å². The second kappa shape index (κ2) is 10.1. The molecule has 0 aromatic heterocycles. The molecule has 1 aliphatic heterocycles. The van der Waals surface area contributed by atoms with E-state index in [2.05, 4.69) is 0 Å². The molecule has 1 rings (SSSR count). The number of alkyl halides is 2. The van der Waals surface area contributed by atoms with E-state index in [4.69, 9.17) is 14.2 Å². The minimum atomic E-state index is -0.675. The molecule has 1 saturated heterocycles. The molecule has 7 nitrogen and oxygen atoms in total. The zero-order valence-corrected chi connectivity index (χ0v) is 22.1. The Morgan fingerprint density at radius 1 is 1.18 bits per heavy atom. The van der Waals surface area contributed by atoms with Crippen molar-refractivity contribution in [1.29, 1.82) is 0 Å². The summed E-state index contributed by atoms with van der Waals surface area (Å²) in [5.74, 6) is -0.739. The summed E-state index contributed by atoms with van der Waals surface area (Å²) in [7, 11) is 0. The van der Waals surface area contributed by atoms with Gasteiger partial charge in [0, 0.05) is 11.1 Å². The number of carbonyl (C=O) groups is 2. The van der Waals surface area contributed by atoms with Gasteiger partial charge in [0.25, 0.3) is 0 Å². The Bertz CT molecular complexity index is 541. The highest BCUT2D eigenvalue weighted by Gasteiger charge is 2.45. The normalized spacial score (nSPS) is 22.4. The third-order valence-corrected chi connectivity index (χ3v) is 5.56. The van der Waals surface area contributed by atoms with Crippen molar-refractivity contribution in [2.45, 2.75) is 91.9 Å². The van der Waals surface area contributed by atoms with Gasteiger partial charge in [0.1, 0.15) is 14.0 Å². The SMILES string of the molecule is CC(I)C(=O)OC(COC(=O)C(C)(C)I)COC1CC(C)(C)N(O)C(C)(C)C1. The third kappa shape index (κ3) is 7.84. The summed E-state index contributed by atoms with van der Waals surface area (Å²) in [6.45, 7) is 13.2. The molecular formula is C19H33I2NO6. The van der Waals surface area contributed by atoms with Crippen molar-refractivity contribution in [2.24, 2.45) is 0 Å². The van der Waals surface area contributed by atoms with E-state index in [0.717, 1.165) is 0 Å². The lowest BCUT2D eigenvalue weighted by Gasteiger charge is -2.51.